The first-order valence-corrected chi connectivity index (χ1v) is 12.3. The summed E-state index contributed by atoms with van der Waals surface area (Å²) in [5.74, 6) is 0.221. The SMILES string of the molecule is C=CCn1c(SCC(=O)Nc2cccc(Cl)c2)nnc1[C@@H](NC(=O)c1ccccc1Cl)C(C)C. The molecule has 2 N–H and O–H groups in total. The first kappa shape index (κ1) is 25.8. The van der Waals surface area contributed by atoms with Gasteiger partial charge in [0.05, 0.1) is 22.4 Å². The van der Waals surface area contributed by atoms with E-state index in [-0.39, 0.29) is 23.5 Å². The fraction of sp³-hybridized carbons (Fsp3) is 0.250. The average Bonchev–Trinajstić information content (AvgIpc) is 3.18. The summed E-state index contributed by atoms with van der Waals surface area (Å²) in [6, 6.07) is 13.4. The second kappa shape index (κ2) is 12.1. The summed E-state index contributed by atoms with van der Waals surface area (Å²) >= 11 is 13.4. The number of hydrogen-bond donors (Lipinski definition) is 2. The quantitative estimate of drug-likeness (QED) is 0.268. The van der Waals surface area contributed by atoms with Gasteiger partial charge in [-0.15, -0.1) is 16.8 Å². The van der Waals surface area contributed by atoms with Crippen LogP contribution in [0.5, 0.6) is 0 Å². The first-order valence-electron chi connectivity index (χ1n) is 10.6. The smallest absolute Gasteiger partial charge is 0.253 e. The summed E-state index contributed by atoms with van der Waals surface area (Å²) in [7, 11) is 0. The minimum atomic E-state index is -0.425. The molecular formula is C24H25Cl2N5O2S. The number of halogens is 2. The van der Waals surface area contributed by atoms with Crippen LogP contribution in [0, 0.1) is 5.92 Å². The summed E-state index contributed by atoms with van der Waals surface area (Å²) in [4.78, 5) is 25.3. The molecule has 1 atom stereocenters. The molecule has 2 aromatic carbocycles. The van der Waals surface area contributed by atoms with Crippen molar-refractivity contribution in [2.75, 3.05) is 11.1 Å². The van der Waals surface area contributed by atoms with Crippen molar-refractivity contribution in [2.45, 2.75) is 31.6 Å². The first-order chi connectivity index (χ1) is 16.3. The Morgan fingerprint density at radius 2 is 1.91 bits per heavy atom. The van der Waals surface area contributed by atoms with Gasteiger partial charge in [-0.1, -0.05) is 73.1 Å². The molecule has 3 rings (SSSR count). The van der Waals surface area contributed by atoms with Crippen LogP contribution in [0.2, 0.25) is 10.0 Å². The molecule has 0 bridgehead atoms. The van der Waals surface area contributed by atoms with Crippen LogP contribution in [0.3, 0.4) is 0 Å². The lowest BCUT2D eigenvalue weighted by atomic mass is 10.0. The monoisotopic (exact) mass is 517 g/mol. The van der Waals surface area contributed by atoms with Crippen molar-refractivity contribution >= 4 is 52.5 Å². The molecule has 0 aliphatic heterocycles. The Labute approximate surface area is 212 Å². The molecule has 3 aromatic rings. The number of carbonyl (C=O) groups excluding carboxylic acids is 2. The standard InChI is InChI=1S/C24H25Cl2N5O2S/c1-4-12-31-22(21(15(2)3)28-23(33)18-10-5-6-11-19(18)26)29-30-24(31)34-14-20(32)27-17-9-7-8-16(25)13-17/h4-11,13,15,21H,1,12,14H2,2-3H3,(H,27,32)(H,28,33)/t21-/m0/s1. The normalized spacial score (nSPS) is 11.8. The zero-order chi connectivity index (χ0) is 24.7. The van der Waals surface area contributed by atoms with E-state index in [1.165, 1.54) is 11.8 Å². The number of benzene rings is 2. The molecule has 1 heterocycles. The number of allylic oxidation sites excluding steroid dienone is 1. The van der Waals surface area contributed by atoms with E-state index in [1.54, 1.807) is 54.6 Å². The molecule has 7 nitrogen and oxygen atoms in total. The molecule has 0 radical (unpaired) electrons. The number of anilines is 1. The fourth-order valence-corrected chi connectivity index (χ4v) is 4.39. The molecule has 10 heteroatoms. The van der Waals surface area contributed by atoms with Crippen LogP contribution in [-0.2, 0) is 11.3 Å². The molecule has 0 saturated heterocycles. The minimum absolute atomic E-state index is 0.0168. The lowest BCUT2D eigenvalue weighted by Crippen LogP contribution is -2.34. The van der Waals surface area contributed by atoms with Gasteiger partial charge in [0.2, 0.25) is 5.91 Å². The Morgan fingerprint density at radius 1 is 1.15 bits per heavy atom. The summed E-state index contributed by atoms with van der Waals surface area (Å²) in [5.41, 5.74) is 1.00. The third-order valence-corrected chi connectivity index (χ3v) is 6.38. The van der Waals surface area contributed by atoms with Gasteiger partial charge >= 0.3 is 0 Å². The van der Waals surface area contributed by atoms with Crippen molar-refractivity contribution < 1.29 is 9.59 Å². The Kier molecular flexibility index (Phi) is 9.15. The Morgan fingerprint density at radius 3 is 2.59 bits per heavy atom. The van der Waals surface area contributed by atoms with Crippen LogP contribution in [-0.4, -0.2) is 32.3 Å². The highest BCUT2D eigenvalue weighted by atomic mass is 35.5. The van der Waals surface area contributed by atoms with E-state index in [0.29, 0.717) is 38.8 Å². The molecule has 0 fully saturated rings. The zero-order valence-corrected chi connectivity index (χ0v) is 21.1. The lowest BCUT2D eigenvalue weighted by Gasteiger charge is -2.23. The van der Waals surface area contributed by atoms with E-state index >= 15 is 0 Å². The zero-order valence-electron chi connectivity index (χ0n) is 18.8. The third kappa shape index (κ3) is 6.62. The van der Waals surface area contributed by atoms with Crippen molar-refractivity contribution in [1.29, 1.82) is 0 Å². The number of hydrogen-bond acceptors (Lipinski definition) is 5. The fourth-order valence-electron chi connectivity index (χ4n) is 3.22. The van der Waals surface area contributed by atoms with E-state index < -0.39 is 6.04 Å². The Hall–Kier alpha value is -2.81. The molecule has 0 unspecified atom stereocenters. The molecule has 0 spiro atoms. The number of nitrogens with one attached hydrogen (secondary N) is 2. The van der Waals surface area contributed by atoms with Gasteiger partial charge in [-0.3, -0.25) is 9.59 Å². The molecule has 178 valence electrons. The van der Waals surface area contributed by atoms with Crippen LogP contribution < -0.4 is 10.6 Å². The van der Waals surface area contributed by atoms with E-state index in [0.717, 1.165) is 0 Å². The number of carbonyl (C=O) groups is 2. The summed E-state index contributed by atoms with van der Waals surface area (Å²) in [5, 5.41) is 15.9. The topological polar surface area (TPSA) is 88.9 Å². The number of amides is 2. The number of aromatic nitrogens is 3. The van der Waals surface area contributed by atoms with E-state index in [2.05, 4.69) is 27.4 Å². The maximum atomic E-state index is 12.9. The Bertz CT molecular complexity index is 1180. The van der Waals surface area contributed by atoms with Gasteiger partial charge in [-0.2, -0.15) is 0 Å². The van der Waals surface area contributed by atoms with Crippen molar-refractivity contribution in [3.63, 3.8) is 0 Å². The van der Waals surface area contributed by atoms with Crippen LogP contribution in [0.1, 0.15) is 36.1 Å². The van der Waals surface area contributed by atoms with Crippen molar-refractivity contribution in [1.82, 2.24) is 20.1 Å². The molecule has 0 aliphatic carbocycles. The highest BCUT2D eigenvalue weighted by Crippen LogP contribution is 2.27. The number of thioether (sulfide) groups is 1. The van der Waals surface area contributed by atoms with Gasteiger partial charge in [0, 0.05) is 17.3 Å². The number of nitrogens with zero attached hydrogens (tertiary/aromatic N) is 3. The highest BCUT2D eigenvalue weighted by molar-refractivity contribution is 7.99. The third-order valence-electron chi connectivity index (χ3n) is 4.85. The van der Waals surface area contributed by atoms with Crippen LogP contribution in [0.15, 0.2) is 66.3 Å². The van der Waals surface area contributed by atoms with E-state index in [1.807, 2.05) is 18.4 Å². The predicted octanol–water partition coefficient (Wildman–Crippen LogP) is 5.63. The molecule has 0 saturated carbocycles. The molecule has 1 aromatic heterocycles. The second-order valence-corrected chi connectivity index (χ2v) is 9.55. The predicted molar refractivity (Wildman–Crippen MR) is 138 cm³/mol. The minimum Gasteiger partial charge on any atom is -0.342 e. The van der Waals surface area contributed by atoms with Gasteiger partial charge < -0.3 is 15.2 Å². The second-order valence-electron chi connectivity index (χ2n) is 7.76. The van der Waals surface area contributed by atoms with Crippen molar-refractivity contribution in [2.24, 2.45) is 5.92 Å². The average molecular weight is 518 g/mol. The highest BCUT2D eigenvalue weighted by Gasteiger charge is 2.27. The van der Waals surface area contributed by atoms with Crippen LogP contribution in [0.25, 0.3) is 0 Å². The molecular weight excluding hydrogens is 493 g/mol. The maximum Gasteiger partial charge on any atom is 0.253 e. The molecule has 34 heavy (non-hydrogen) atoms. The van der Waals surface area contributed by atoms with Gasteiger partial charge in [-0.25, -0.2) is 0 Å². The van der Waals surface area contributed by atoms with Gasteiger partial charge in [0.15, 0.2) is 11.0 Å². The molecule has 2 amide bonds. The van der Waals surface area contributed by atoms with Gasteiger partial charge in [0.1, 0.15) is 0 Å². The van der Waals surface area contributed by atoms with Gasteiger partial charge in [-0.05, 0) is 36.2 Å². The largest absolute Gasteiger partial charge is 0.342 e. The van der Waals surface area contributed by atoms with Crippen molar-refractivity contribution in [3.8, 4) is 0 Å². The number of rotatable bonds is 10. The van der Waals surface area contributed by atoms with Crippen LogP contribution >= 0.6 is 35.0 Å². The lowest BCUT2D eigenvalue weighted by molar-refractivity contribution is -0.113. The Balaban J connectivity index is 1.76. The summed E-state index contributed by atoms with van der Waals surface area (Å²) in [6.45, 7) is 8.21. The van der Waals surface area contributed by atoms with Crippen LogP contribution in [0.4, 0.5) is 5.69 Å². The van der Waals surface area contributed by atoms with Crippen molar-refractivity contribution in [3.05, 3.63) is 82.6 Å². The molecule has 0 aliphatic rings. The summed E-state index contributed by atoms with van der Waals surface area (Å²) in [6.07, 6.45) is 1.72. The maximum absolute atomic E-state index is 12.9. The van der Waals surface area contributed by atoms with E-state index in [4.69, 9.17) is 23.2 Å². The van der Waals surface area contributed by atoms with E-state index in [9.17, 15) is 9.59 Å². The van der Waals surface area contributed by atoms with Gasteiger partial charge in [0.25, 0.3) is 5.91 Å². The summed E-state index contributed by atoms with van der Waals surface area (Å²) < 4.78 is 1.85.